The van der Waals surface area contributed by atoms with E-state index in [1.807, 2.05) is 24.3 Å². The Bertz CT molecular complexity index is 778. The molecule has 0 aliphatic carbocycles. The van der Waals surface area contributed by atoms with Gasteiger partial charge in [-0.15, -0.1) is 0 Å². The summed E-state index contributed by atoms with van der Waals surface area (Å²) < 4.78 is 5.36. The van der Waals surface area contributed by atoms with Crippen molar-refractivity contribution in [3.8, 4) is 5.75 Å². The number of aromatic nitrogens is 1. The van der Waals surface area contributed by atoms with E-state index in [2.05, 4.69) is 15.6 Å². The molecule has 0 radical (unpaired) electrons. The van der Waals surface area contributed by atoms with E-state index in [9.17, 15) is 9.59 Å². The van der Waals surface area contributed by atoms with Gasteiger partial charge in [-0.1, -0.05) is 12.1 Å². The zero-order chi connectivity index (χ0) is 17.6. The third-order valence-electron chi connectivity index (χ3n) is 4.19. The van der Waals surface area contributed by atoms with Crippen molar-refractivity contribution in [2.24, 2.45) is 0 Å². The largest absolute Gasteiger partial charge is 0.496 e. The summed E-state index contributed by atoms with van der Waals surface area (Å²) in [4.78, 5) is 30.2. The van der Waals surface area contributed by atoms with E-state index in [0.717, 1.165) is 30.4 Å². The van der Waals surface area contributed by atoms with Gasteiger partial charge in [0.2, 0.25) is 0 Å². The van der Waals surface area contributed by atoms with Gasteiger partial charge in [0.1, 0.15) is 11.4 Å². The highest BCUT2D eigenvalue weighted by Gasteiger charge is 2.17. The summed E-state index contributed by atoms with van der Waals surface area (Å²) in [5.74, 6) is 0.382. The lowest BCUT2D eigenvalue weighted by atomic mass is 10.1. The lowest BCUT2D eigenvalue weighted by Gasteiger charge is -2.27. The lowest BCUT2D eigenvalue weighted by Crippen LogP contribution is -2.47. The van der Waals surface area contributed by atoms with E-state index in [4.69, 9.17) is 4.74 Å². The van der Waals surface area contributed by atoms with Crippen molar-refractivity contribution in [1.82, 2.24) is 20.5 Å². The van der Waals surface area contributed by atoms with Gasteiger partial charge in [-0.25, -0.2) is 9.78 Å². The zero-order valence-electron chi connectivity index (χ0n) is 14.2. The standard InChI is InChI=1S/C18H22N4O3/c1-25-16-12-15(21-14-7-3-2-6-13(14)16)17(23)19-8-4-10-22-11-5-9-20-18(22)24/h2-3,6-7,12H,4-5,8-11H2,1H3,(H,19,23)(H,20,24). The quantitative estimate of drug-likeness (QED) is 0.784. The Morgan fingerprint density at radius 3 is 3.04 bits per heavy atom. The highest BCUT2D eigenvalue weighted by atomic mass is 16.5. The van der Waals surface area contributed by atoms with E-state index in [1.165, 1.54) is 0 Å². The Labute approximate surface area is 146 Å². The minimum Gasteiger partial charge on any atom is -0.496 e. The fourth-order valence-electron chi connectivity index (χ4n) is 2.88. The lowest BCUT2D eigenvalue weighted by molar-refractivity contribution is 0.0947. The fraction of sp³-hybridized carbons (Fsp3) is 0.389. The van der Waals surface area contributed by atoms with Crippen LogP contribution in [-0.4, -0.2) is 55.1 Å². The fourth-order valence-corrected chi connectivity index (χ4v) is 2.88. The molecule has 2 aromatic rings. The molecule has 1 fully saturated rings. The number of ether oxygens (including phenoxy) is 1. The number of carbonyl (C=O) groups is 2. The van der Waals surface area contributed by atoms with Crippen molar-refractivity contribution in [3.05, 3.63) is 36.0 Å². The highest BCUT2D eigenvalue weighted by molar-refractivity contribution is 5.97. The molecule has 1 aromatic heterocycles. The van der Waals surface area contributed by atoms with Gasteiger partial charge < -0.3 is 20.3 Å². The van der Waals surface area contributed by atoms with Gasteiger partial charge in [0, 0.05) is 37.6 Å². The molecule has 132 valence electrons. The first-order valence-corrected chi connectivity index (χ1v) is 8.44. The molecule has 1 saturated heterocycles. The SMILES string of the molecule is COc1cc(C(=O)NCCCN2CCCNC2=O)nc2ccccc12. The summed E-state index contributed by atoms with van der Waals surface area (Å²) in [7, 11) is 1.58. The second-order valence-corrected chi connectivity index (χ2v) is 5.91. The topological polar surface area (TPSA) is 83.6 Å². The number of hydrogen-bond acceptors (Lipinski definition) is 4. The van der Waals surface area contributed by atoms with Gasteiger partial charge >= 0.3 is 6.03 Å². The second-order valence-electron chi connectivity index (χ2n) is 5.91. The van der Waals surface area contributed by atoms with Crippen LogP contribution in [0.1, 0.15) is 23.3 Å². The highest BCUT2D eigenvalue weighted by Crippen LogP contribution is 2.24. The number of nitrogens with zero attached hydrogens (tertiary/aromatic N) is 2. The molecule has 2 N–H and O–H groups in total. The average Bonchev–Trinajstić information content (AvgIpc) is 2.65. The molecule has 0 bridgehead atoms. The molecular formula is C18H22N4O3. The van der Waals surface area contributed by atoms with Gasteiger partial charge in [0.05, 0.1) is 12.6 Å². The first-order valence-electron chi connectivity index (χ1n) is 8.44. The van der Waals surface area contributed by atoms with Gasteiger partial charge in [0.25, 0.3) is 5.91 Å². The molecule has 0 unspecified atom stereocenters. The Balaban J connectivity index is 1.58. The van der Waals surface area contributed by atoms with Gasteiger partial charge in [0.15, 0.2) is 0 Å². The van der Waals surface area contributed by atoms with Gasteiger partial charge in [-0.3, -0.25) is 4.79 Å². The summed E-state index contributed by atoms with van der Waals surface area (Å²) in [6, 6.07) is 9.16. The Morgan fingerprint density at radius 2 is 2.24 bits per heavy atom. The van der Waals surface area contributed by atoms with Crippen molar-refractivity contribution in [2.45, 2.75) is 12.8 Å². The molecule has 7 heteroatoms. The molecule has 1 aromatic carbocycles. The number of carbonyl (C=O) groups excluding carboxylic acids is 2. The van der Waals surface area contributed by atoms with E-state index >= 15 is 0 Å². The molecule has 2 heterocycles. The first-order chi connectivity index (χ1) is 12.2. The Hall–Kier alpha value is -2.83. The summed E-state index contributed by atoms with van der Waals surface area (Å²) in [6.45, 7) is 2.62. The Kier molecular flexibility index (Phi) is 5.33. The number of hydrogen-bond donors (Lipinski definition) is 2. The molecule has 0 spiro atoms. The van der Waals surface area contributed by atoms with Crippen LogP contribution in [0.3, 0.4) is 0 Å². The first kappa shape index (κ1) is 17.0. The summed E-state index contributed by atoms with van der Waals surface area (Å²) in [5.41, 5.74) is 1.04. The van der Waals surface area contributed by atoms with Crippen LogP contribution in [0.5, 0.6) is 5.75 Å². The van der Waals surface area contributed by atoms with Crippen LogP contribution in [-0.2, 0) is 0 Å². The van der Waals surface area contributed by atoms with E-state index in [0.29, 0.717) is 31.0 Å². The molecule has 3 rings (SSSR count). The predicted molar refractivity (Wildman–Crippen MR) is 94.8 cm³/mol. The number of rotatable bonds is 6. The summed E-state index contributed by atoms with van der Waals surface area (Å²) in [6.07, 6.45) is 1.66. The van der Waals surface area contributed by atoms with E-state index < -0.39 is 0 Å². The zero-order valence-corrected chi connectivity index (χ0v) is 14.2. The van der Waals surface area contributed by atoms with Crippen molar-refractivity contribution in [3.63, 3.8) is 0 Å². The third-order valence-corrected chi connectivity index (χ3v) is 4.19. The number of fused-ring (bicyclic) bond motifs is 1. The maximum atomic E-state index is 12.3. The van der Waals surface area contributed by atoms with Crippen molar-refractivity contribution in [1.29, 1.82) is 0 Å². The molecule has 1 aliphatic rings. The summed E-state index contributed by atoms with van der Waals surface area (Å²) in [5, 5.41) is 6.54. The molecule has 0 atom stereocenters. The minimum atomic E-state index is -0.243. The van der Waals surface area contributed by atoms with Crippen molar-refractivity contribution in [2.75, 3.05) is 33.3 Å². The number of urea groups is 1. The van der Waals surface area contributed by atoms with E-state index in [-0.39, 0.29) is 11.9 Å². The maximum Gasteiger partial charge on any atom is 0.317 e. The molecule has 7 nitrogen and oxygen atoms in total. The summed E-state index contributed by atoms with van der Waals surface area (Å²) >= 11 is 0. The smallest absolute Gasteiger partial charge is 0.317 e. The number of benzene rings is 1. The van der Waals surface area contributed by atoms with Crippen LogP contribution in [0, 0.1) is 0 Å². The van der Waals surface area contributed by atoms with Crippen molar-refractivity contribution < 1.29 is 14.3 Å². The van der Waals surface area contributed by atoms with Crippen LogP contribution >= 0.6 is 0 Å². The minimum absolute atomic E-state index is 0.0292. The normalized spacial score (nSPS) is 14.3. The predicted octanol–water partition coefficient (Wildman–Crippen LogP) is 1.78. The molecule has 3 amide bonds. The van der Waals surface area contributed by atoms with Crippen LogP contribution in [0.15, 0.2) is 30.3 Å². The van der Waals surface area contributed by atoms with Crippen LogP contribution in [0.25, 0.3) is 10.9 Å². The number of nitrogens with one attached hydrogen (secondary N) is 2. The Morgan fingerprint density at radius 1 is 1.40 bits per heavy atom. The third kappa shape index (κ3) is 3.99. The monoisotopic (exact) mass is 342 g/mol. The maximum absolute atomic E-state index is 12.3. The van der Waals surface area contributed by atoms with E-state index in [1.54, 1.807) is 18.1 Å². The van der Waals surface area contributed by atoms with Gasteiger partial charge in [-0.2, -0.15) is 0 Å². The van der Waals surface area contributed by atoms with Crippen LogP contribution < -0.4 is 15.4 Å². The van der Waals surface area contributed by atoms with Crippen LogP contribution in [0.4, 0.5) is 4.79 Å². The molecule has 25 heavy (non-hydrogen) atoms. The van der Waals surface area contributed by atoms with Crippen LogP contribution in [0.2, 0.25) is 0 Å². The number of pyridine rings is 1. The molecular weight excluding hydrogens is 320 g/mol. The van der Waals surface area contributed by atoms with Gasteiger partial charge in [-0.05, 0) is 25.0 Å². The number of para-hydroxylation sites is 1. The van der Waals surface area contributed by atoms with Crippen molar-refractivity contribution >= 4 is 22.8 Å². The average molecular weight is 342 g/mol. The molecule has 1 aliphatic heterocycles. The second kappa shape index (κ2) is 7.83. The number of methoxy groups -OCH3 is 1. The number of amides is 3. The molecule has 0 saturated carbocycles.